The molecule has 3 aliphatic rings. The number of nitrogens with one attached hydrogen (secondary N) is 1. The molecule has 8 aromatic rings. The molecule has 0 amide bonds. The first kappa shape index (κ1) is 55.6. The molecule has 0 aliphatic carbocycles. The molecule has 21 N–H and O–H groups in total. The molecule has 0 aromatic carbocycles. The Morgan fingerprint density at radius 3 is 1.38 bits per heavy atom. The molecule has 8 aromatic heterocycles. The van der Waals surface area contributed by atoms with Gasteiger partial charge < -0.3 is 107 Å². The van der Waals surface area contributed by atoms with Gasteiger partial charge in [-0.2, -0.15) is 48.7 Å². The van der Waals surface area contributed by atoms with Gasteiger partial charge in [-0.25, -0.2) is 24.5 Å². The minimum atomic E-state index is -5.16. The molecule has 43 heteroatoms. The third-order valence-electron chi connectivity index (χ3n) is 11.8. The summed E-state index contributed by atoms with van der Waals surface area (Å²) < 4.78 is 90.3. The first-order valence-corrected chi connectivity index (χ1v) is 24.7. The highest BCUT2D eigenvalue weighted by Crippen LogP contribution is 2.43. The fourth-order valence-corrected chi connectivity index (χ4v) is 9.21. The summed E-state index contributed by atoms with van der Waals surface area (Å²) in [5.74, 6) is -0.557. The molecule has 78 heavy (non-hydrogen) atoms. The van der Waals surface area contributed by atoms with Gasteiger partial charge in [0.1, 0.15) is 60.5 Å². The Balaban J connectivity index is 0.000000192. The van der Waals surface area contributed by atoms with Crippen LogP contribution in [0.15, 0.2) is 25.3 Å². The number of aliphatic hydroxyl groups excluding tert-OH is 6. The van der Waals surface area contributed by atoms with Gasteiger partial charge in [-0.1, -0.05) is 0 Å². The lowest BCUT2D eigenvalue weighted by Gasteiger charge is -2.26. The number of nitrogens with two attached hydrogens (primary N) is 4. The third kappa shape index (κ3) is 10.7. The van der Waals surface area contributed by atoms with Crippen LogP contribution in [0.1, 0.15) is 18.7 Å². The van der Waals surface area contributed by atoms with E-state index in [1.807, 2.05) is 0 Å². The first-order chi connectivity index (χ1) is 36.4. The predicted octanol–water partition coefficient (Wildman–Crippen LogP) is -4.60. The van der Waals surface area contributed by atoms with Gasteiger partial charge in [0.2, 0.25) is 0 Å². The van der Waals surface area contributed by atoms with Crippen molar-refractivity contribution < 1.29 is 95.7 Å². The van der Waals surface area contributed by atoms with Crippen LogP contribution in [0.5, 0.6) is 12.0 Å². The number of rotatable bonds is 14. The summed E-state index contributed by atoms with van der Waals surface area (Å²) in [6, 6.07) is -0.486. The van der Waals surface area contributed by atoms with Gasteiger partial charge >= 0.3 is 32.0 Å². The lowest BCUT2D eigenvalue weighted by Crippen LogP contribution is -2.35. The average Bonchev–Trinajstić information content (AvgIpc) is 4.25. The van der Waals surface area contributed by atoms with Crippen molar-refractivity contribution in [2.45, 2.75) is 73.6 Å². The van der Waals surface area contributed by atoms with Gasteiger partial charge in [-0.3, -0.25) is 22.8 Å². The van der Waals surface area contributed by atoms with Crippen molar-refractivity contribution in [1.29, 1.82) is 0 Å². The molecule has 0 saturated carbocycles. The molecular weight excluding hydrogens is 1100 g/mol. The van der Waals surface area contributed by atoms with Gasteiger partial charge in [0.05, 0.1) is 45.1 Å². The minimum absolute atomic E-state index is 0. The van der Waals surface area contributed by atoms with Crippen LogP contribution in [0, 0.1) is 12.2 Å². The zero-order valence-electron chi connectivity index (χ0n) is 39.2. The maximum absolute atomic E-state index is 13.7. The molecule has 11 heterocycles. The fraction of sp³-hybridized carbons (Fsp3) is 0.429. The maximum atomic E-state index is 13.7. The summed E-state index contributed by atoms with van der Waals surface area (Å²) in [6.45, 7) is -2.34. The van der Waals surface area contributed by atoms with Gasteiger partial charge in [0, 0.05) is 0 Å². The number of hydrogen-bond acceptors (Lipinski definition) is 32. The molecule has 3 saturated heterocycles. The number of quaternary nitrogens is 1. The Morgan fingerprint density at radius 1 is 0.564 bits per heavy atom. The number of nitrogen functional groups attached to an aromatic ring is 4. The van der Waals surface area contributed by atoms with E-state index >= 15 is 0 Å². The molecule has 0 spiro atoms. The SMILES string of the molecule is Nc1nc(F)nc2c1ncn2[C@@H]1O[C@H](COP(=O)([O-])OC[C@H]2O[C@@H](n3cnc4c(N)nc(F)nc43)[C@H](O)C2O)[C@H](O)C1O.Nc1nc(Oc2nc(N)c3[nH]cnc3n2)nc2c1ncn2[C@@H]1O[C@H](COP(=O)(O)O)[C@H](O)C1O.[NH4+]. The molecule has 3 fully saturated rings. The van der Waals surface area contributed by atoms with Gasteiger partial charge in [0.25, 0.3) is 7.82 Å². The van der Waals surface area contributed by atoms with Crippen molar-refractivity contribution in [3.8, 4) is 12.0 Å². The normalized spacial score (nSPS) is 27.1. The number of aromatic amines is 1. The summed E-state index contributed by atoms with van der Waals surface area (Å²) in [5.41, 5.74) is 23.6. The Hall–Kier alpha value is -7.12. The quantitative estimate of drug-likeness (QED) is 0.0360. The maximum Gasteiger partial charge on any atom is 0.469 e. The van der Waals surface area contributed by atoms with Crippen molar-refractivity contribution in [1.82, 2.24) is 84.6 Å². The summed E-state index contributed by atoms with van der Waals surface area (Å²) >= 11 is 0. The number of imidazole rings is 4. The fourth-order valence-electron chi connectivity index (χ4n) is 8.13. The number of nitrogens with zero attached hydrogens (tertiary/aromatic N) is 15. The molecule has 11 rings (SSSR count). The van der Waals surface area contributed by atoms with Crippen LogP contribution >= 0.6 is 15.6 Å². The molecule has 0 radical (unpaired) electrons. The van der Waals surface area contributed by atoms with E-state index in [0.29, 0.717) is 5.52 Å². The van der Waals surface area contributed by atoms with Crippen LogP contribution in [-0.4, -0.2) is 194 Å². The van der Waals surface area contributed by atoms with Gasteiger partial charge in [0.15, 0.2) is 81.1 Å². The number of H-pyrrole nitrogens is 1. The van der Waals surface area contributed by atoms with Crippen LogP contribution in [0.4, 0.5) is 32.1 Å². The lowest BCUT2D eigenvalue weighted by molar-refractivity contribution is -0.231. The topological polar surface area (TPSA) is 609 Å². The highest BCUT2D eigenvalue weighted by Gasteiger charge is 2.48. The van der Waals surface area contributed by atoms with Crippen molar-refractivity contribution >= 4 is 83.6 Å². The van der Waals surface area contributed by atoms with Crippen molar-refractivity contribution in [3.63, 3.8) is 0 Å². The molecule has 420 valence electrons. The second kappa shape index (κ2) is 21.3. The highest BCUT2D eigenvalue weighted by molar-refractivity contribution is 7.46. The summed E-state index contributed by atoms with van der Waals surface area (Å²) in [4.78, 5) is 79.0. The van der Waals surface area contributed by atoms with Gasteiger partial charge in [-0.05, 0) is 0 Å². The van der Waals surface area contributed by atoms with Crippen LogP contribution in [0.3, 0.4) is 0 Å². The van der Waals surface area contributed by atoms with E-state index in [1.54, 1.807) is 0 Å². The van der Waals surface area contributed by atoms with Gasteiger partial charge in [-0.15, -0.1) is 0 Å². The van der Waals surface area contributed by atoms with E-state index in [1.165, 1.54) is 17.2 Å². The number of phosphoric acid groups is 2. The lowest BCUT2D eigenvalue weighted by atomic mass is 10.1. The molecule has 13 atom stereocenters. The summed E-state index contributed by atoms with van der Waals surface area (Å²) in [6.07, 6.45) is -15.3. The predicted molar refractivity (Wildman–Crippen MR) is 247 cm³/mol. The van der Waals surface area contributed by atoms with Crippen LogP contribution < -0.4 is 38.7 Å². The summed E-state index contributed by atoms with van der Waals surface area (Å²) in [7, 11) is -9.98. The smallest absolute Gasteiger partial charge is 0.469 e. The monoisotopic (exact) mass is 1150 g/mol. The zero-order valence-corrected chi connectivity index (χ0v) is 41.0. The van der Waals surface area contributed by atoms with E-state index < -0.39 is 121 Å². The second-order valence-corrected chi connectivity index (χ2v) is 19.3. The van der Waals surface area contributed by atoms with E-state index in [2.05, 4.69) is 69.3 Å². The van der Waals surface area contributed by atoms with Crippen LogP contribution in [0.2, 0.25) is 0 Å². The van der Waals surface area contributed by atoms with Crippen LogP contribution in [0.25, 0.3) is 44.7 Å². The van der Waals surface area contributed by atoms with E-state index in [0.717, 1.165) is 21.8 Å². The Kier molecular flexibility index (Phi) is 15.2. The van der Waals surface area contributed by atoms with Crippen molar-refractivity contribution in [2.75, 3.05) is 42.8 Å². The summed E-state index contributed by atoms with van der Waals surface area (Å²) in [5, 5.41) is 62.5. The number of halogens is 2. The van der Waals surface area contributed by atoms with Crippen molar-refractivity contribution in [2.24, 2.45) is 0 Å². The molecular formula is C35H43F2N21O18P2. The number of anilines is 4. The Morgan fingerprint density at radius 2 is 0.949 bits per heavy atom. The van der Waals surface area contributed by atoms with E-state index in [-0.39, 0.29) is 80.6 Å². The zero-order chi connectivity index (χ0) is 55.0. The number of aromatic nitrogens is 16. The molecule has 0 bridgehead atoms. The second-order valence-electron chi connectivity index (χ2n) is 16.7. The number of ether oxygens (including phenoxy) is 4. The number of aliphatic hydroxyl groups is 6. The Labute approximate surface area is 429 Å². The third-order valence-corrected chi connectivity index (χ3v) is 13.2. The standard InChI is InChI=1S/C20H23F2N10O10P.C15H17N10O8P.H3N/c21-19-27-13(23)7-15(29-19)31(3-25-7)17-11(35)9(33)5(41-17)1-39-43(37,38)40-2-6-10(34)12(36)18(42-6)32-4-26-8-14(24)28-20(22)30-16(8)32;16-9-5-11(19-2-18-5)23-14(21-9)33-15-22-10(17)6-12(24-15)25(3-20-6)13-8(27)7(26)4(32-13)1-31-34(28,29)30;/h3-6,9-12,17-18,33-36H,1-2H2,(H,37,38)(H2,23,27,29)(H2,24,28,30);2-4,7-8,13,26-27H,1H2,(H2,17,22,24)(H2,28,29,30)(H3,16,18,19,21,23);1H3/t5-,6-,9+,10?,11?,12-,17-,18-;4-,7+,8?,13-;/m11./s1. The molecule has 39 nitrogen and oxygen atoms in total. The van der Waals surface area contributed by atoms with E-state index in [4.69, 9.17) is 60.7 Å². The van der Waals surface area contributed by atoms with Crippen molar-refractivity contribution in [3.05, 3.63) is 37.5 Å². The molecule has 4 unspecified atom stereocenters. The Bertz CT molecular complexity index is 3490. The molecule has 3 aliphatic heterocycles. The highest BCUT2D eigenvalue weighted by atomic mass is 31.2. The average molecular weight is 1150 g/mol. The minimum Gasteiger partial charge on any atom is -0.756 e. The number of hydrogen-bond donors (Lipinski definition) is 14. The van der Waals surface area contributed by atoms with E-state index in [9.17, 15) is 53.4 Å². The largest absolute Gasteiger partial charge is 0.756 e. The van der Waals surface area contributed by atoms with Crippen LogP contribution in [-0.2, 0) is 36.9 Å². The number of phosphoric ester groups is 2. The number of fused-ring (bicyclic) bond motifs is 4. The first-order valence-electron chi connectivity index (χ1n) is 21.8.